The van der Waals surface area contributed by atoms with Crippen LogP contribution in [0.2, 0.25) is 0 Å². The maximum Gasteiger partial charge on any atom is 0.242 e. The van der Waals surface area contributed by atoms with Gasteiger partial charge in [-0.1, -0.05) is 17.3 Å². The van der Waals surface area contributed by atoms with Gasteiger partial charge in [0, 0.05) is 13.1 Å². The summed E-state index contributed by atoms with van der Waals surface area (Å²) in [5.41, 5.74) is 8.27. The molecule has 0 atom stereocenters. The number of nitrogens with zero attached hydrogens (tertiary/aromatic N) is 6. The largest absolute Gasteiger partial charge is 0.341 e. The molecule has 1 aliphatic heterocycles. The molecule has 4 rings (SSSR count). The Kier molecular flexibility index (Phi) is 4.43. The van der Waals surface area contributed by atoms with E-state index in [4.69, 9.17) is 5.73 Å². The maximum atomic E-state index is 12.7. The molecule has 1 amide bonds. The number of aromatic nitrogens is 5. The van der Waals surface area contributed by atoms with Crippen LogP contribution in [0, 0.1) is 0 Å². The molecule has 3 heterocycles. The molecule has 8 heteroatoms. The number of fused-ring (bicyclic) bond motifs is 1. The number of carbonyl (C=O) groups excluding carboxylic acids is 1. The predicted molar refractivity (Wildman–Crippen MR) is 102 cm³/mol. The topological polar surface area (TPSA) is 94.9 Å². The van der Waals surface area contributed by atoms with Crippen molar-refractivity contribution in [3.05, 3.63) is 42.5 Å². The second kappa shape index (κ2) is 6.77. The van der Waals surface area contributed by atoms with E-state index in [1.807, 2.05) is 58.5 Å². The van der Waals surface area contributed by atoms with Crippen molar-refractivity contribution in [3.8, 4) is 0 Å². The van der Waals surface area contributed by atoms with Crippen molar-refractivity contribution in [1.82, 2.24) is 29.4 Å². The monoisotopic (exact) mass is 367 g/mol. The SMILES string of the molecule is CC(C)(N)c1cn(C2CCN(C(=O)Cn3cnc4ccccc43)CC2)nn1. The number of rotatable bonds is 4. The van der Waals surface area contributed by atoms with Gasteiger partial charge in [0.2, 0.25) is 5.91 Å². The van der Waals surface area contributed by atoms with Crippen LogP contribution < -0.4 is 5.73 Å². The molecule has 27 heavy (non-hydrogen) atoms. The highest BCUT2D eigenvalue weighted by Crippen LogP contribution is 2.24. The van der Waals surface area contributed by atoms with Gasteiger partial charge in [0.05, 0.1) is 35.1 Å². The van der Waals surface area contributed by atoms with Gasteiger partial charge in [-0.3, -0.25) is 4.79 Å². The molecule has 0 aliphatic carbocycles. The van der Waals surface area contributed by atoms with Gasteiger partial charge >= 0.3 is 0 Å². The van der Waals surface area contributed by atoms with Crippen LogP contribution in [-0.4, -0.2) is 48.4 Å². The van der Waals surface area contributed by atoms with E-state index in [-0.39, 0.29) is 11.9 Å². The van der Waals surface area contributed by atoms with Crippen LogP contribution in [0.25, 0.3) is 11.0 Å². The molecule has 2 N–H and O–H groups in total. The van der Waals surface area contributed by atoms with E-state index < -0.39 is 5.54 Å². The molecule has 0 saturated carbocycles. The van der Waals surface area contributed by atoms with Crippen LogP contribution in [0.15, 0.2) is 36.8 Å². The number of piperidine rings is 1. The first-order valence-electron chi connectivity index (χ1n) is 9.30. The lowest BCUT2D eigenvalue weighted by Gasteiger charge is -2.32. The van der Waals surface area contributed by atoms with Crippen molar-refractivity contribution in [2.75, 3.05) is 13.1 Å². The van der Waals surface area contributed by atoms with Gasteiger partial charge in [0.15, 0.2) is 0 Å². The second-order valence-corrected chi connectivity index (χ2v) is 7.78. The van der Waals surface area contributed by atoms with Gasteiger partial charge in [-0.2, -0.15) is 0 Å². The van der Waals surface area contributed by atoms with Gasteiger partial charge < -0.3 is 15.2 Å². The Labute approximate surface area is 158 Å². The number of nitrogens with two attached hydrogens (primary N) is 1. The highest BCUT2D eigenvalue weighted by Gasteiger charge is 2.26. The third kappa shape index (κ3) is 3.57. The van der Waals surface area contributed by atoms with E-state index >= 15 is 0 Å². The lowest BCUT2D eigenvalue weighted by molar-refractivity contribution is -0.133. The van der Waals surface area contributed by atoms with Gasteiger partial charge in [0.1, 0.15) is 12.2 Å². The number of benzene rings is 1. The van der Waals surface area contributed by atoms with Gasteiger partial charge in [-0.25, -0.2) is 9.67 Å². The quantitative estimate of drug-likeness (QED) is 0.757. The molecule has 0 radical (unpaired) electrons. The van der Waals surface area contributed by atoms with E-state index in [9.17, 15) is 4.79 Å². The Morgan fingerprint density at radius 2 is 2.00 bits per heavy atom. The predicted octanol–water partition coefficient (Wildman–Crippen LogP) is 1.69. The summed E-state index contributed by atoms with van der Waals surface area (Å²) in [4.78, 5) is 19.0. The number of likely N-dealkylation sites (tertiary alicyclic amines) is 1. The normalized spacial score (nSPS) is 16.2. The lowest BCUT2D eigenvalue weighted by atomic mass is 10.0. The Bertz CT molecular complexity index is 944. The van der Waals surface area contributed by atoms with Crippen LogP contribution in [-0.2, 0) is 16.9 Å². The highest BCUT2D eigenvalue weighted by atomic mass is 16.2. The van der Waals surface area contributed by atoms with Gasteiger partial charge in [-0.05, 0) is 38.8 Å². The van der Waals surface area contributed by atoms with Crippen molar-refractivity contribution in [2.24, 2.45) is 5.73 Å². The number of hydrogen-bond acceptors (Lipinski definition) is 5. The zero-order chi connectivity index (χ0) is 19.0. The van der Waals surface area contributed by atoms with E-state index in [0.717, 1.165) is 42.7 Å². The standard InChI is InChI=1S/C19H25N7O/c1-19(2,20)17-11-26(23-22-17)14-7-9-24(10-8-14)18(27)12-25-13-21-15-5-3-4-6-16(15)25/h3-6,11,13-14H,7-10,12,20H2,1-2H3. The fourth-order valence-electron chi connectivity index (χ4n) is 3.51. The third-order valence-corrected chi connectivity index (χ3v) is 5.19. The Morgan fingerprint density at radius 3 is 2.70 bits per heavy atom. The first-order valence-corrected chi connectivity index (χ1v) is 9.30. The summed E-state index contributed by atoms with van der Waals surface area (Å²) in [6, 6.07) is 8.12. The molecular weight excluding hydrogens is 342 g/mol. The second-order valence-electron chi connectivity index (χ2n) is 7.78. The summed E-state index contributed by atoms with van der Waals surface area (Å²) in [6.45, 7) is 5.60. The molecule has 1 saturated heterocycles. The first-order chi connectivity index (χ1) is 12.9. The van der Waals surface area contributed by atoms with Crippen LogP contribution in [0.3, 0.4) is 0 Å². The Balaban J connectivity index is 1.37. The van der Waals surface area contributed by atoms with Crippen molar-refractivity contribution in [3.63, 3.8) is 0 Å². The molecule has 0 bridgehead atoms. The molecule has 1 aromatic carbocycles. The van der Waals surface area contributed by atoms with E-state index in [1.165, 1.54) is 0 Å². The number of amides is 1. The number of carbonyl (C=O) groups is 1. The smallest absolute Gasteiger partial charge is 0.242 e. The molecule has 142 valence electrons. The van der Waals surface area contributed by atoms with E-state index in [1.54, 1.807) is 6.33 Å². The van der Waals surface area contributed by atoms with Crippen LogP contribution in [0.1, 0.15) is 38.4 Å². The first kappa shape index (κ1) is 17.7. The fraction of sp³-hybridized carbons (Fsp3) is 0.474. The summed E-state index contributed by atoms with van der Waals surface area (Å²) in [5, 5.41) is 8.43. The molecule has 1 fully saturated rings. The minimum absolute atomic E-state index is 0.124. The average molecular weight is 367 g/mol. The van der Waals surface area contributed by atoms with Crippen molar-refractivity contribution >= 4 is 16.9 Å². The zero-order valence-electron chi connectivity index (χ0n) is 15.7. The molecule has 3 aromatic rings. The summed E-state index contributed by atoms with van der Waals surface area (Å²) in [5.74, 6) is 0.124. The average Bonchev–Trinajstić information content (AvgIpc) is 3.30. The van der Waals surface area contributed by atoms with Gasteiger partial charge in [-0.15, -0.1) is 5.10 Å². The summed E-state index contributed by atoms with van der Waals surface area (Å²) in [6.07, 6.45) is 5.40. The van der Waals surface area contributed by atoms with Gasteiger partial charge in [0.25, 0.3) is 0 Å². The summed E-state index contributed by atoms with van der Waals surface area (Å²) < 4.78 is 3.81. The third-order valence-electron chi connectivity index (χ3n) is 5.19. The Hall–Kier alpha value is -2.74. The molecule has 0 spiro atoms. The highest BCUT2D eigenvalue weighted by molar-refractivity contribution is 5.80. The number of hydrogen-bond donors (Lipinski definition) is 1. The minimum Gasteiger partial charge on any atom is -0.341 e. The molecule has 0 unspecified atom stereocenters. The van der Waals surface area contributed by atoms with E-state index in [0.29, 0.717) is 6.54 Å². The molecule has 1 aliphatic rings. The van der Waals surface area contributed by atoms with Crippen molar-refractivity contribution in [1.29, 1.82) is 0 Å². The number of imidazole rings is 1. The van der Waals surface area contributed by atoms with Crippen molar-refractivity contribution in [2.45, 2.75) is 44.8 Å². The Morgan fingerprint density at radius 1 is 1.26 bits per heavy atom. The van der Waals surface area contributed by atoms with E-state index in [2.05, 4.69) is 15.3 Å². The maximum absolute atomic E-state index is 12.7. The molecule has 8 nitrogen and oxygen atoms in total. The lowest BCUT2D eigenvalue weighted by Crippen LogP contribution is -2.40. The molecular formula is C19H25N7O. The minimum atomic E-state index is -0.498. The van der Waals surface area contributed by atoms with Crippen LogP contribution >= 0.6 is 0 Å². The van der Waals surface area contributed by atoms with Crippen molar-refractivity contribution < 1.29 is 4.79 Å². The number of para-hydroxylation sites is 2. The van der Waals surface area contributed by atoms with Crippen LogP contribution in [0.5, 0.6) is 0 Å². The summed E-state index contributed by atoms with van der Waals surface area (Å²) in [7, 11) is 0. The zero-order valence-corrected chi connectivity index (χ0v) is 15.7. The summed E-state index contributed by atoms with van der Waals surface area (Å²) >= 11 is 0. The fourth-order valence-corrected chi connectivity index (χ4v) is 3.51. The molecule has 2 aromatic heterocycles. The van der Waals surface area contributed by atoms with Crippen LogP contribution in [0.4, 0.5) is 0 Å².